The van der Waals surface area contributed by atoms with Crippen molar-refractivity contribution in [1.82, 2.24) is 29.8 Å². The predicted octanol–water partition coefficient (Wildman–Crippen LogP) is 0.853. The van der Waals surface area contributed by atoms with Crippen LogP contribution >= 0.6 is 0 Å². The lowest BCUT2D eigenvalue weighted by Gasteiger charge is -2.40. The first-order chi connectivity index (χ1) is 12.7. The third-order valence-corrected chi connectivity index (χ3v) is 5.06. The van der Waals surface area contributed by atoms with Crippen LogP contribution in [0.2, 0.25) is 0 Å². The molecule has 2 aromatic heterocycles. The predicted molar refractivity (Wildman–Crippen MR) is 97.5 cm³/mol. The number of carbonyl (C=O) groups is 1. The van der Waals surface area contributed by atoms with Crippen molar-refractivity contribution < 1.29 is 9.53 Å². The average molecular weight is 360 g/mol. The van der Waals surface area contributed by atoms with E-state index in [0.29, 0.717) is 13.2 Å². The zero-order chi connectivity index (χ0) is 18.4. The Hall–Kier alpha value is -2.19. The number of piperidine rings is 1. The lowest BCUT2D eigenvalue weighted by Crippen LogP contribution is -2.55. The molecular weight excluding hydrogens is 332 g/mol. The largest absolute Gasteiger partial charge is 0.383 e. The molecule has 3 rings (SSSR count). The van der Waals surface area contributed by atoms with E-state index in [1.54, 1.807) is 13.3 Å². The number of hydrogen-bond donors (Lipinski definition) is 1. The molecule has 1 saturated heterocycles. The molecule has 8 heteroatoms. The van der Waals surface area contributed by atoms with E-state index in [4.69, 9.17) is 4.74 Å². The Balaban J connectivity index is 1.66. The molecule has 0 bridgehead atoms. The second-order valence-corrected chi connectivity index (χ2v) is 6.71. The number of aromatic nitrogens is 4. The van der Waals surface area contributed by atoms with Gasteiger partial charge in [0, 0.05) is 64.0 Å². The minimum Gasteiger partial charge on any atom is -0.383 e. The van der Waals surface area contributed by atoms with Crippen molar-refractivity contribution in [3.63, 3.8) is 0 Å². The van der Waals surface area contributed by atoms with Crippen molar-refractivity contribution in [1.29, 1.82) is 0 Å². The van der Waals surface area contributed by atoms with Gasteiger partial charge in [-0.1, -0.05) is 0 Å². The Morgan fingerprint density at radius 1 is 1.35 bits per heavy atom. The monoisotopic (exact) mass is 360 g/mol. The highest BCUT2D eigenvalue weighted by atomic mass is 16.5. The van der Waals surface area contributed by atoms with Crippen LogP contribution in [0.3, 0.4) is 0 Å². The molecular formula is C18H28N6O2. The highest BCUT2D eigenvalue weighted by Gasteiger charge is 2.43. The molecule has 1 aliphatic heterocycles. The second-order valence-electron chi connectivity index (χ2n) is 6.71. The van der Waals surface area contributed by atoms with Gasteiger partial charge in [0.1, 0.15) is 5.54 Å². The summed E-state index contributed by atoms with van der Waals surface area (Å²) in [6, 6.07) is 1.87. The van der Waals surface area contributed by atoms with E-state index in [9.17, 15) is 4.79 Å². The maximum atomic E-state index is 12.9. The van der Waals surface area contributed by atoms with Crippen LogP contribution in [-0.2, 0) is 28.2 Å². The first kappa shape index (κ1) is 18.6. The van der Waals surface area contributed by atoms with Crippen molar-refractivity contribution in [2.75, 3.05) is 33.4 Å². The summed E-state index contributed by atoms with van der Waals surface area (Å²) < 4.78 is 8.81. The number of hydrogen-bond acceptors (Lipinski definition) is 5. The molecule has 1 aliphatic rings. The van der Waals surface area contributed by atoms with Gasteiger partial charge in [0.15, 0.2) is 0 Å². The number of ether oxygens (including phenoxy) is 1. The van der Waals surface area contributed by atoms with Gasteiger partial charge in [-0.25, -0.2) is 0 Å². The van der Waals surface area contributed by atoms with Crippen LogP contribution in [0.25, 0.3) is 0 Å². The zero-order valence-electron chi connectivity index (χ0n) is 15.6. The number of carbonyl (C=O) groups excluding carboxylic acids is 1. The molecule has 3 heterocycles. The Morgan fingerprint density at radius 3 is 2.77 bits per heavy atom. The van der Waals surface area contributed by atoms with Gasteiger partial charge in [-0.3, -0.25) is 19.1 Å². The smallest absolute Gasteiger partial charge is 0.248 e. The third-order valence-electron chi connectivity index (χ3n) is 5.06. The standard InChI is InChI=1S/C18H28N6O2/c1-3-23-15-16(13-21-23)14-22-10-5-18(6-11-22,24-9-4-7-20-24)17(25)19-8-12-26-2/h4,7,9,13,15H,3,5-6,8,10-12,14H2,1-2H3,(H,19,25). The molecule has 2 aromatic rings. The number of amides is 1. The summed E-state index contributed by atoms with van der Waals surface area (Å²) in [5.74, 6) is 0.0247. The van der Waals surface area contributed by atoms with Crippen molar-refractivity contribution in [2.45, 2.75) is 38.4 Å². The zero-order valence-corrected chi connectivity index (χ0v) is 15.6. The number of nitrogens with one attached hydrogen (secondary N) is 1. The van der Waals surface area contributed by atoms with E-state index in [2.05, 4.69) is 33.5 Å². The first-order valence-corrected chi connectivity index (χ1v) is 9.19. The molecule has 0 spiro atoms. The van der Waals surface area contributed by atoms with Gasteiger partial charge in [-0.2, -0.15) is 10.2 Å². The van der Waals surface area contributed by atoms with Crippen LogP contribution in [0.1, 0.15) is 25.3 Å². The van der Waals surface area contributed by atoms with E-state index in [1.807, 2.05) is 27.8 Å². The fourth-order valence-electron chi connectivity index (χ4n) is 3.51. The number of rotatable bonds is 8. The maximum Gasteiger partial charge on any atom is 0.248 e. The normalized spacial score (nSPS) is 17.3. The van der Waals surface area contributed by atoms with Gasteiger partial charge < -0.3 is 10.1 Å². The van der Waals surface area contributed by atoms with E-state index in [1.165, 1.54) is 5.56 Å². The first-order valence-electron chi connectivity index (χ1n) is 9.19. The fraction of sp³-hybridized carbons (Fsp3) is 0.611. The molecule has 1 N–H and O–H groups in total. The molecule has 0 unspecified atom stereocenters. The van der Waals surface area contributed by atoms with E-state index in [0.717, 1.165) is 39.0 Å². The number of aryl methyl sites for hydroxylation is 1. The summed E-state index contributed by atoms with van der Waals surface area (Å²) in [5.41, 5.74) is 0.587. The Morgan fingerprint density at radius 2 is 2.15 bits per heavy atom. The molecule has 1 fully saturated rings. The summed E-state index contributed by atoms with van der Waals surface area (Å²) in [7, 11) is 1.63. The van der Waals surface area contributed by atoms with Gasteiger partial charge >= 0.3 is 0 Å². The Bertz CT molecular complexity index is 688. The van der Waals surface area contributed by atoms with Crippen LogP contribution in [-0.4, -0.2) is 63.7 Å². The van der Waals surface area contributed by atoms with Crippen LogP contribution < -0.4 is 5.32 Å². The number of methoxy groups -OCH3 is 1. The van der Waals surface area contributed by atoms with E-state index < -0.39 is 5.54 Å². The molecule has 8 nitrogen and oxygen atoms in total. The van der Waals surface area contributed by atoms with Crippen molar-refractivity contribution in [3.8, 4) is 0 Å². The summed E-state index contributed by atoms with van der Waals surface area (Å²) >= 11 is 0. The van der Waals surface area contributed by atoms with Gasteiger partial charge in [-0.05, 0) is 25.8 Å². The SMILES string of the molecule is CCn1cc(CN2CCC(C(=O)NCCOC)(n3cccn3)CC2)cn1. The number of likely N-dealkylation sites (tertiary alicyclic amines) is 1. The summed E-state index contributed by atoms with van der Waals surface area (Å²) in [6.07, 6.45) is 9.10. The molecule has 0 aliphatic carbocycles. The molecule has 142 valence electrons. The third kappa shape index (κ3) is 3.96. The lowest BCUT2D eigenvalue weighted by molar-refractivity contribution is -0.133. The average Bonchev–Trinajstić information content (AvgIpc) is 3.34. The van der Waals surface area contributed by atoms with E-state index >= 15 is 0 Å². The van der Waals surface area contributed by atoms with Crippen LogP contribution in [0.15, 0.2) is 30.9 Å². The van der Waals surface area contributed by atoms with Crippen LogP contribution in [0, 0.1) is 0 Å². The van der Waals surface area contributed by atoms with E-state index in [-0.39, 0.29) is 5.91 Å². The molecule has 26 heavy (non-hydrogen) atoms. The van der Waals surface area contributed by atoms with Crippen molar-refractivity contribution in [2.24, 2.45) is 0 Å². The van der Waals surface area contributed by atoms with Gasteiger partial charge in [-0.15, -0.1) is 0 Å². The molecule has 0 saturated carbocycles. The molecule has 0 aromatic carbocycles. The van der Waals surface area contributed by atoms with Crippen LogP contribution in [0.4, 0.5) is 0 Å². The molecule has 0 radical (unpaired) electrons. The Kier molecular flexibility index (Phi) is 6.05. The summed E-state index contributed by atoms with van der Waals surface area (Å²) in [4.78, 5) is 15.3. The Labute approximate surface area is 154 Å². The van der Waals surface area contributed by atoms with Crippen molar-refractivity contribution >= 4 is 5.91 Å². The quantitative estimate of drug-likeness (QED) is 0.707. The minimum atomic E-state index is -0.624. The van der Waals surface area contributed by atoms with Crippen LogP contribution in [0.5, 0.6) is 0 Å². The molecule has 1 amide bonds. The minimum absolute atomic E-state index is 0.0247. The fourth-order valence-corrected chi connectivity index (χ4v) is 3.51. The maximum absolute atomic E-state index is 12.9. The summed E-state index contributed by atoms with van der Waals surface area (Å²) in [5, 5.41) is 11.7. The summed E-state index contributed by atoms with van der Waals surface area (Å²) in [6.45, 7) is 6.53. The second kappa shape index (κ2) is 8.46. The van der Waals surface area contributed by atoms with Gasteiger partial charge in [0.25, 0.3) is 0 Å². The topological polar surface area (TPSA) is 77.2 Å². The highest BCUT2D eigenvalue weighted by molar-refractivity contribution is 5.84. The van der Waals surface area contributed by atoms with Gasteiger partial charge in [0.05, 0.1) is 12.8 Å². The van der Waals surface area contributed by atoms with Crippen molar-refractivity contribution in [3.05, 3.63) is 36.4 Å². The highest BCUT2D eigenvalue weighted by Crippen LogP contribution is 2.30. The van der Waals surface area contributed by atoms with Gasteiger partial charge in [0.2, 0.25) is 5.91 Å². The lowest BCUT2D eigenvalue weighted by atomic mass is 9.86. The number of nitrogens with zero attached hydrogens (tertiary/aromatic N) is 5. The molecule has 0 atom stereocenters.